The Bertz CT molecular complexity index is 858. The van der Waals surface area contributed by atoms with Gasteiger partial charge in [0, 0.05) is 0 Å². The van der Waals surface area contributed by atoms with Gasteiger partial charge in [-0.05, 0) is 0 Å². The zero-order valence-electron chi connectivity index (χ0n) is 16.7. The Hall–Kier alpha value is 1.21. The van der Waals surface area contributed by atoms with Gasteiger partial charge in [0.2, 0.25) is 0 Å². The number of quaternary nitrogens is 1. The van der Waals surface area contributed by atoms with Crippen molar-refractivity contribution in [3.05, 3.63) is 0 Å². The molecule has 0 aromatic carbocycles. The third-order valence-corrected chi connectivity index (χ3v) is 0. The summed E-state index contributed by atoms with van der Waals surface area (Å²) in [5.41, 5.74) is 0. The quantitative estimate of drug-likeness (QED) is 0.161. The minimum atomic E-state index is -6.02. The molecule has 0 rings (SSSR count). The van der Waals surface area contributed by atoms with E-state index in [1.165, 1.54) is 0 Å². The average Bonchev–Trinajstić information content (AvgIpc) is 2.06. The Kier molecular flexibility index (Phi) is 33.2. The van der Waals surface area contributed by atoms with Crippen molar-refractivity contribution < 1.29 is 191 Å². The molecule has 0 radical (unpaired) electrons. The first kappa shape index (κ1) is 52.6. The molecule has 0 aliphatic heterocycles. The van der Waals surface area contributed by atoms with Crippen LogP contribution in [-0.2, 0) is 141 Å². The topological polar surface area (TPSA) is 482 Å². The van der Waals surface area contributed by atoms with E-state index in [2.05, 4.69) is 28.2 Å². The van der Waals surface area contributed by atoms with Gasteiger partial charge in [0.1, 0.15) is 0 Å². The first-order valence-corrected chi connectivity index (χ1v) is 25.5. The van der Waals surface area contributed by atoms with Crippen LogP contribution in [-0.4, -0.2) is 32.7 Å². The van der Waals surface area contributed by atoms with E-state index in [1.807, 2.05) is 0 Å². The van der Waals surface area contributed by atoms with E-state index >= 15 is 0 Å². The first-order valence-electron chi connectivity index (χ1n) is 5.79. The second-order valence-corrected chi connectivity index (χ2v) is 17.2. The summed E-state index contributed by atoms with van der Waals surface area (Å²) in [6.45, 7) is 0. The number of hydrogen-bond donors (Lipinski definition) is 0. The fourth-order valence-electron chi connectivity index (χ4n) is 0. The molecule has 0 aromatic heterocycles. The fourth-order valence-corrected chi connectivity index (χ4v) is 0. The minimum absolute atomic E-state index is 1.00. The Balaban J connectivity index is -0.0000000523. The summed E-state index contributed by atoms with van der Waals surface area (Å²) in [5, 5.41) is 0. The third kappa shape index (κ3) is 26500. The second kappa shape index (κ2) is 22.1. The van der Waals surface area contributed by atoms with Gasteiger partial charge in [0.05, 0.1) is 28.2 Å². The fraction of sp³-hybridized carbons (Fsp3) is 1.00. The van der Waals surface area contributed by atoms with Crippen LogP contribution in [0.15, 0.2) is 0 Å². The Labute approximate surface area is 216 Å². The molecule has 35 heavy (non-hydrogen) atoms. The molecular formula is C4H12Mo6NO24-11. The van der Waals surface area contributed by atoms with Crippen molar-refractivity contribution in [2.45, 2.75) is 0 Å². The van der Waals surface area contributed by atoms with Crippen molar-refractivity contribution in [2.24, 2.45) is 0 Å². The molecular weight excluding hydrogens is 1020 g/mol. The van der Waals surface area contributed by atoms with Crippen molar-refractivity contribution in [3.8, 4) is 0 Å². The average molecular weight is 1030 g/mol. The molecule has 0 atom stereocenters. The van der Waals surface area contributed by atoms with Crippen molar-refractivity contribution in [2.75, 3.05) is 28.2 Å². The van der Waals surface area contributed by atoms with Crippen LogP contribution in [0, 0.1) is 0 Å². The molecule has 0 saturated carbocycles. The maximum absolute atomic E-state index is 8.63. The summed E-state index contributed by atoms with van der Waals surface area (Å²) in [4.78, 5) is 0. The Morgan fingerprint density at radius 2 is 0.286 bits per heavy atom. The van der Waals surface area contributed by atoms with Gasteiger partial charge in [0.15, 0.2) is 0 Å². The van der Waals surface area contributed by atoms with Crippen LogP contribution in [0.5, 0.6) is 0 Å². The van der Waals surface area contributed by atoms with Crippen LogP contribution in [0.4, 0.5) is 0 Å². The molecule has 224 valence electrons. The van der Waals surface area contributed by atoms with Gasteiger partial charge < -0.3 is 4.48 Å². The zero-order valence-corrected chi connectivity index (χ0v) is 28.7. The molecule has 0 fully saturated rings. The Morgan fingerprint density at radius 1 is 0.286 bits per heavy atom. The van der Waals surface area contributed by atoms with E-state index in [0.29, 0.717) is 0 Å². The molecule has 0 aliphatic carbocycles. The second-order valence-electron chi connectivity index (χ2n) is 5.13. The SMILES string of the molecule is C[N+](C)(C)C.[O]=[Mo](=[O])([O-])[O-].[O]=[Mo](=[O])([O-])[O-].[O]=[Mo](=[O])([O-])[O-].[O]=[Mo](=[O])([O-])[O-].[O]=[Mo](=[O])([O-])[O-].[O]=[Mo](=[O])([O-])[O-]. The maximum atomic E-state index is 8.63. The summed E-state index contributed by atoms with van der Waals surface area (Å²) < 4.78 is 208. The van der Waals surface area contributed by atoms with E-state index in [4.69, 9.17) is 85.9 Å². The predicted molar refractivity (Wildman–Crippen MR) is 32.2 cm³/mol. The molecule has 0 N–H and O–H groups in total. The van der Waals surface area contributed by atoms with Crippen molar-refractivity contribution in [3.63, 3.8) is 0 Å². The van der Waals surface area contributed by atoms with Crippen molar-refractivity contribution in [1.82, 2.24) is 0 Å². The number of nitrogens with zero attached hydrogens (tertiary/aromatic N) is 1. The molecule has 31 heteroatoms. The van der Waals surface area contributed by atoms with E-state index in [0.717, 1.165) is 4.48 Å². The summed E-state index contributed by atoms with van der Waals surface area (Å²) in [6.07, 6.45) is 0. The summed E-state index contributed by atoms with van der Waals surface area (Å²) in [5.74, 6) is 0. The van der Waals surface area contributed by atoms with Crippen LogP contribution < -0.4 is 45.1 Å². The Morgan fingerprint density at radius 3 is 0.286 bits per heavy atom. The number of rotatable bonds is 0. The third-order valence-electron chi connectivity index (χ3n) is 0. The molecule has 0 saturated heterocycles. The van der Waals surface area contributed by atoms with Gasteiger partial charge in [-0.25, -0.2) is 0 Å². The van der Waals surface area contributed by atoms with Gasteiger partial charge in [0.25, 0.3) is 0 Å². The van der Waals surface area contributed by atoms with Gasteiger partial charge in [-0.2, -0.15) is 0 Å². The molecule has 0 unspecified atom stereocenters. The molecule has 0 bridgehead atoms. The first-order chi connectivity index (χ1) is 14.0. The van der Waals surface area contributed by atoms with Crippen molar-refractivity contribution in [1.29, 1.82) is 0 Å². The van der Waals surface area contributed by atoms with Crippen molar-refractivity contribution >= 4 is 0 Å². The van der Waals surface area contributed by atoms with E-state index < -0.39 is 100 Å². The summed E-state index contributed by atoms with van der Waals surface area (Å²) in [6, 6.07) is 0. The standard InChI is InChI=1S/C4H12N.6Mo.24O/c1-5(2,3)4;;;;;;;;;;;;;;;;;;;;;;;;;;;;;;/h1-4H3;;;;;;;;;;;;;;;;;;;;;;;;;;;;;;/q+1;;;;;;;;;;;;;;;;;;;12*-1. The van der Waals surface area contributed by atoms with E-state index in [1.54, 1.807) is 0 Å². The van der Waals surface area contributed by atoms with E-state index in [-0.39, 0.29) is 0 Å². The molecule has 0 amide bonds. The van der Waals surface area contributed by atoms with E-state index in [9.17, 15) is 0 Å². The van der Waals surface area contributed by atoms with Gasteiger partial charge in [-0.1, -0.05) is 0 Å². The van der Waals surface area contributed by atoms with Crippen LogP contribution in [0.2, 0.25) is 0 Å². The van der Waals surface area contributed by atoms with Gasteiger partial charge in [-0.3, -0.25) is 0 Å². The number of hydrogen-bond acceptors (Lipinski definition) is 24. The molecule has 25 nitrogen and oxygen atoms in total. The predicted octanol–water partition coefficient (Wildman–Crippen LogP) is -15.4. The van der Waals surface area contributed by atoms with Gasteiger partial charge >= 0.3 is 186 Å². The van der Waals surface area contributed by atoms with Crippen LogP contribution in [0.3, 0.4) is 0 Å². The summed E-state index contributed by atoms with van der Waals surface area (Å²) >= 11 is -36.1. The van der Waals surface area contributed by atoms with Crippen LogP contribution in [0.25, 0.3) is 0 Å². The van der Waals surface area contributed by atoms with Gasteiger partial charge in [-0.15, -0.1) is 0 Å². The van der Waals surface area contributed by atoms with Crippen LogP contribution >= 0.6 is 0 Å². The monoisotopic (exact) mass is 1050 g/mol. The normalized spacial score (nSPS) is 11.7. The molecule has 0 spiro atoms. The molecule has 0 aliphatic rings. The molecule has 0 heterocycles. The summed E-state index contributed by atoms with van der Waals surface area (Å²) in [7, 11) is 8.50. The molecule has 0 aromatic rings. The zero-order chi connectivity index (χ0) is 31.5. The van der Waals surface area contributed by atoms with Crippen LogP contribution in [0.1, 0.15) is 0 Å².